The molecule has 170 valence electrons. The Morgan fingerprint density at radius 3 is 2.21 bits per heavy atom. The lowest BCUT2D eigenvalue weighted by atomic mass is 9.83. The van der Waals surface area contributed by atoms with Gasteiger partial charge in [0.25, 0.3) is 0 Å². The van der Waals surface area contributed by atoms with Crippen molar-refractivity contribution >= 4 is 11.8 Å². The summed E-state index contributed by atoms with van der Waals surface area (Å²) in [7, 11) is 0. The molecular weight excluding hydrogens is 416 g/mol. The smallest absolute Gasteiger partial charge is 0.242 e. The molecule has 6 heteroatoms. The molecule has 0 saturated carbocycles. The van der Waals surface area contributed by atoms with Crippen molar-refractivity contribution in [3.05, 3.63) is 101 Å². The van der Waals surface area contributed by atoms with Crippen LogP contribution in [-0.4, -0.2) is 41.5 Å². The summed E-state index contributed by atoms with van der Waals surface area (Å²) in [6.07, 6.45) is -0.785. The van der Waals surface area contributed by atoms with E-state index >= 15 is 0 Å². The van der Waals surface area contributed by atoms with Crippen molar-refractivity contribution in [3.8, 4) is 5.75 Å². The molecule has 2 N–H and O–H groups in total. The number of hydrogen-bond acceptors (Lipinski definition) is 4. The number of carbonyl (C=O) groups excluding carboxylic acids is 2. The third-order valence-corrected chi connectivity index (χ3v) is 5.88. The first-order valence-electron chi connectivity index (χ1n) is 11.1. The van der Waals surface area contributed by atoms with Crippen LogP contribution >= 0.6 is 0 Å². The fourth-order valence-corrected chi connectivity index (χ4v) is 4.19. The molecule has 1 heterocycles. The Morgan fingerprint density at radius 2 is 1.61 bits per heavy atom. The Morgan fingerprint density at radius 1 is 0.970 bits per heavy atom. The van der Waals surface area contributed by atoms with Crippen LogP contribution in [0.4, 0.5) is 0 Å². The summed E-state index contributed by atoms with van der Waals surface area (Å²) >= 11 is 0. The fourth-order valence-electron chi connectivity index (χ4n) is 4.19. The average molecular weight is 445 g/mol. The summed E-state index contributed by atoms with van der Waals surface area (Å²) < 4.78 is 5.86. The summed E-state index contributed by atoms with van der Waals surface area (Å²) in [6, 6.07) is 25.6. The second-order valence-corrected chi connectivity index (χ2v) is 8.18. The zero-order chi connectivity index (χ0) is 23.2. The number of amides is 2. The third-order valence-electron chi connectivity index (χ3n) is 5.88. The van der Waals surface area contributed by atoms with Crippen LogP contribution in [0.3, 0.4) is 0 Å². The normalized spacial score (nSPS) is 14.1. The second kappa shape index (κ2) is 10.3. The molecular formula is C27H28N2O4. The monoisotopic (exact) mass is 444 g/mol. The van der Waals surface area contributed by atoms with E-state index in [-0.39, 0.29) is 24.3 Å². The van der Waals surface area contributed by atoms with Gasteiger partial charge in [0.2, 0.25) is 11.8 Å². The summed E-state index contributed by atoms with van der Waals surface area (Å²) in [5, 5.41) is 14.1. The van der Waals surface area contributed by atoms with Crippen molar-refractivity contribution in [2.45, 2.75) is 25.5 Å². The van der Waals surface area contributed by atoms with Crippen LogP contribution in [-0.2, 0) is 16.1 Å². The van der Waals surface area contributed by atoms with Gasteiger partial charge in [-0.15, -0.1) is 0 Å². The molecule has 1 atom stereocenters. The predicted molar refractivity (Wildman–Crippen MR) is 126 cm³/mol. The molecule has 0 bridgehead atoms. The standard InChI is InChI=1S/C27H28N2O4/c1-19(30)28-17-25(31)29-14-15-33-24-13-12-22(16-23(24)18-29)27(32)26(20-8-4-2-5-9-20)21-10-6-3-7-11-21/h2-13,16,26-27,32H,14-15,17-18H2,1H3,(H,28,30). The second-order valence-electron chi connectivity index (χ2n) is 8.18. The number of ether oxygens (including phenoxy) is 1. The first-order chi connectivity index (χ1) is 16.0. The van der Waals surface area contributed by atoms with Crippen LogP contribution in [0.15, 0.2) is 78.9 Å². The third kappa shape index (κ3) is 5.41. The van der Waals surface area contributed by atoms with Crippen LogP contribution < -0.4 is 10.1 Å². The topological polar surface area (TPSA) is 78.9 Å². The molecule has 3 aromatic rings. The van der Waals surface area contributed by atoms with Gasteiger partial charge in [-0.3, -0.25) is 9.59 Å². The molecule has 6 nitrogen and oxygen atoms in total. The first kappa shape index (κ1) is 22.6. The minimum atomic E-state index is -0.785. The van der Waals surface area contributed by atoms with Crippen LogP contribution in [0.2, 0.25) is 0 Å². The van der Waals surface area contributed by atoms with E-state index in [0.29, 0.717) is 25.4 Å². The first-order valence-corrected chi connectivity index (χ1v) is 11.1. The van der Waals surface area contributed by atoms with Crippen molar-refractivity contribution in [3.63, 3.8) is 0 Å². The molecule has 1 aliphatic heterocycles. The largest absolute Gasteiger partial charge is 0.491 e. The average Bonchev–Trinajstić information content (AvgIpc) is 3.06. The molecule has 1 aliphatic rings. The van der Waals surface area contributed by atoms with Crippen molar-refractivity contribution in [1.29, 1.82) is 0 Å². The van der Waals surface area contributed by atoms with E-state index in [1.54, 1.807) is 4.90 Å². The van der Waals surface area contributed by atoms with Gasteiger partial charge in [-0.1, -0.05) is 66.7 Å². The fraction of sp³-hybridized carbons (Fsp3) is 0.259. The SMILES string of the molecule is CC(=O)NCC(=O)N1CCOc2ccc(C(O)C(c3ccccc3)c3ccccc3)cc2C1. The number of hydrogen-bond donors (Lipinski definition) is 2. The minimum Gasteiger partial charge on any atom is -0.491 e. The highest BCUT2D eigenvalue weighted by Crippen LogP contribution is 2.38. The molecule has 0 fully saturated rings. The maximum Gasteiger partial charge on any atom is 0.242 e. The molecule has 0 spiro atoms. The van der Waals surface area contributed by atoms with E-state index in [1.807, 2.05) is 78.9 Å². The van der Waals surface area contributed by atoms with Gasteiger partial charge >= 0.3 is 0 Å². The number of rotatable bonds is 6. The quantitative estimate of drug-likeness (QED) is 0.611. The summed E-state index contributed by atoms with van der Waals surface area (Å²) in [4.78, 5) is 25.4. The van der Waals surface area contributed by atoms with Crippen molar-refractivity contribution in [2.75, 3.05) is 19.7 Å². The van der Waals surface area contributed by atoms with Crippen LogP contribution in [0.5, 0.6) is 5.75 Å². The van der Waals surface area contributed by atoms with Crippen LogP contribution in [0.25, 0.3) is 0 Å². The van der Waals surface area contributed by atoms with Crippen molar-refractivity contribution in [2.24, 2.45) is 0 Å². The van der Waals surface area contributed by atoms with E-state index in [2.05, 4.69) is 5.32 Å². The summed E-state index contributed by atoms with van der Waals surface area (Å²) in [6.45, 7) is 2.50. The molecule has 4 rings (SSSR count). The lowest BCUT2D eigenvalue weighted by Gasteiger charge is -2.25. The van der Waals surface area contributed by atoms with Gasteiger partial charge in [0.1, 0.15) is 12.4 Å². The van der Waals surface area contributed by atoms with E-state index in [0.717, 1.165) is 22.3 Å². The number of fused-ring (bicyclic) bond motifs is 1. The zero-order valence-corrected chi connectivity index (χ0v) is 18.6. The number of benzene rings is 3. The minimum absolute atomic E-state index is 0.0446. The van der Waals surface area contributed by atoms with Gasteiger partial charge in [-0.25, -0.2) is 0 Å². The van der Waals surface area contributed by atoms with Gasteiger partial charge in [-0.2, -0.15) is 0 Å². The Bertz CT molecular complexity index is 1060. The Balaban J connectivity index is 1.63. The molecule has 33 heavy (non-hydrogen) atoms. The Hall–Kier alpha value is -3.64. The van der Waals surface area contributed by atoms with E-state index in [4.69, 9.17) is 4.74 Å². The predicted octanol–water partition coefficient (Wildman–Crippen LogP) is 3.41. The van der Waals surface area contributed by atoms with Crippen LogP contribution in [0.1, 0.15) is 41.2 Å². The van der Waals surface area contributed by atoms with Gasteiger partial charge in [0.05, 0.1) is 19.2 Å². The Kier molecular flexibility index (Phi) is 7.05. The number of nitrogens with one attached hydrogen (secondary N) is 1. The maximum absolute atomic E-state index is 12.6. The number of carbonyl (C=O) groups is 2. The number of nitrogens with zero attached hydrogens (tertiary/aromatic N) is 1. The molecule has 0 aliphatic carbocycles. The molecule has 0 aromatic heterocycles. The lowest BCUT2D eigenvalue weighted by Crippen LogP contribution is -2.40. The highest BCUT2D eigenvalue weighted by Gasteiger charge is 2.27. The van der Waals surface area contributed by atoms with E-state index in [9.17, 15) is 14.7 Å². The van der Waals surface area contributed by atoms with Gasteiger partial charge < -0.3 is 20.1 Å². The highest BCUT2D eigenvalue weighted by molar-refractivity contribution is 5.83. The molecule has 0 radical (unpaired) electrons. The molecule has 0 saturated heterocycles. The van der Waals surface area contributed by atoms with Crippen molar-refractivity contribution < 1.29 is 19.4 Å². The number of aliphatic hydroxyl groups excluding tert-OH is 1. The maximum atomic E-state index is 12.6. The lowest BCUT2D eigenvalue weighted by molar-refractivity contribution is -0.133. The molecule has 1 unspecified atom stereocenters. The summed E-state index contributed by atoms with van der Waals surface area (Å²) in [5.74, 6) is 0.0542. The zero-order valence-electron chi connectivity index (χ0n) is 18.6. The highest BCUT2D eigenvalue weighted by atomic mass is 16.5. The number of aliphatic hydroxyl groups is 1. The summed E-state index contributed by atoms with van der Waals surface area (Å²) in [5.41, 5.74) is 3.63. The molecule has 3 aromatic carbocycles. The van der Waals surface area contributed by atoms with Gasteiger partial charge in [0.15, 0.2) is 0 Å². The van der Waals surface area contributed by atoms with Gasteiger partial charge in [0, 0.05) is 24.9 Å². The Labute approximate surface area is 193 Å². The van der Waals surface area contributed by atoms with Crippen molar-refractivity contribution in [1.82, 2.24) is 10.2 Å². The van der Waals surface area contributed by atoms with E-state index in [1.165, 1.54) is 6.92 Å². The van der Waals surface area contributed by atoms with E-state index < -0.39 is 6.10 Å². The van der Waals surface area contributed by atoms with Crippen LogP contribution in [0, 0.1) is 0 Å². The molecule has 2 amide bonds. The van der Waals surface area contributed by atoms with Gasteiger partial charge in [-0.05, 0) is 28.8 Å².